The Morgan fingerprint density at radius 1 is 1.32 bits per heavy atom. The van der Waals surface area contributed by atoms with E-state index in [-0.39, 0.29) is 13.4 Å². The first-order valence-electron chi connectivity index (χ1n) is 5.82. The zero-order chi connectivity index (χ0) is 13.0. The van der Waals surface area contributed by atoms with Crippen LogP contribution in [0.25, 0.3) is 0 Å². The fourth-order valence-electron chi connectivity index (χ4n) is 2.70. The number of methoxy groups -OCH3 is 1. The van der Waals surface area contributed by atoms with Gasteiger partial charge in [-0.25, -0.2) is 4.79 Å². The van der Waals surface area contributed by atoms with E-state index in [0.29, 0.717) is 17.2 Å². The first-order valence-corrected chi connectivity index (χ1v) is 5.82. The molecule has 100 valence electrons. The minimum absolute atomic E-state index is 0.150. The van der Waals surface area contributed by atoms with E-state index >= 15 is 0 Å². The molecule has 1 spiro atoms. The van der Waals surface area contributed by atoms with Crippen molar-refractivity contribution in [1.82, 2.24) is 5.32 Å². The van der Waals surface area contributed by atoms with Gasteiger partial charge < -0.3 is 29.0 Å². The third-order valence-electron chi connectivity index (χ3n) is 3.57. The van der Waals surface area contributed by atoms with Crippen LogP contribution in [0.1, 0.15) is 5.56 Å². The number of amides is 1. The SMILES string of the molecule is COC1Oc2c(ccc3c2OCO3)C12COC(=O)N2. The molecule has 0 bridgehead atoms. The van der Waals surface area contributed by atoms with Crippen molar-refractivity contribution in [2.75, 3.05) is 20.5 Å². The van der Waals surface area contributed by atoms with Gasteiger partial charge in [0.05, 0.1) is 0 Å². The number of benzene rings is 1. The highest BCUT2D eigenvalue weighted by Crippen LogP contribution is 2.53. The number of carbonyl (C=O) groups excluding carboxylic acids is 1. The molecule has 19 heavy (non-hydrogen) atoms. The standard InChI is InChI=1S/C12H11NO6/c1-15-10-12(4-16-11(14)13-12)6-2-3-7-9(8(6)19-10)18-5-17-7/h2-3,10H,4-5H2,1H3,(H,13,14). The van der Waals surface area contributed by atoms with Gasteiger partial charge >= 0.3 is 6.09 Å². The summed E-state index contributed by atoms with van der Waals surface area (Å²) in [6, 6.07) is 3.62. The number of fused-ring (bicyclic) bond motifs is 4. The van der Waals surface area contributed by atoms with Crippen LogP contribution in [0.4, 0.5) is 4.79 Å². The van der Waals surface area contributed by atoms with E-state index in [9.17, 15) is 4.79 Å². The second kappa shape index (κ2) is 3.45. The second-order valence-electron chi connectivity index (χ2n) is 4.53. The maximum atomic E-state index is 11.4. The molecule has 0 aliphatic carbocycles. The molecule has 7 nitrogen and oxygen atoms in total. The third-order valence-corrected chi connectivity index (χ3v) is 3.57. The summed E-state index contributed by atoms with van der Waals surface area (Å²) in [4.78, 5) is 11.4. The van der Waals surface area contributed by atoms with Crippen molar-refractivity contribution < 1.29 is 28.5 Å². The van der Waals surface area contributed by atoms with Crippen molar-refractivity contribution >= 4 is 6.09 Å². The number of hydrogen-bond donors (Lipinski definition) is 1. The van der Waals surface area contributed by atoms with Gasteiger partial charge in [-0.1, -0.05) is 0 Å². The molecule has 0 saturated carbocycles. The average molecular weight is 265 g/mol. The summed E-state index contributed by atoms with van der Waals surface area (Å²) in [7, 11) is 1.51. The Balaban J connectivity index is 1.89. The molecule has 4 rings (SSSR count). The zero-order valence-corrected chi connectivity index (χ0v) is 10.1. The van der Waals surface area contributed by atoms with Crippen LogP contribution >= 0.6 is 0 Å². The third kappa shape index (κ3) is 1.22. The molecule has 3 heterocycles. The van der Waals surface area contributed by atoms with Crippen molar-refractivity contribution in [3.63, 3.8) is 0 Å². The van der Waals surface area contributed by atoms with Gasteiger partial charge in [-0.2, -0.15) is 0 Å². The molecule has 2 unspecified atom stereocenters. The lowest BCUT2D eigenvalue weighted by Crippen LogP contribution is -2.49. The lowest BCUT2D eigenvalue weighted by molar-refractivity contribution is -0.0943. The van der Waals surface area contributed by atoms with E-state index in [0.717, 1.165) is 5.56 Å². The van der Waals surface area contributed by atoms with E-state index in [4.69, 9.17) is 23.7 Å². The first kappa shape index (κ1) is 10.7. The number of cyclic esters (lactones) is 1. The highest BCUT2D eigenvalue weighted by molar-refractivity contribution is 5.74. The van der Waals surface area contributed by atoms with Crippen molar-refractivity contribution in [3.05, 3.63) is 17.7 Å². The van der Waals surface area contributed by atoms with Gasteiger partial charge in [0.15, 0.2) is 17.0 Å². The van der Waals surface area contributed by atoms with Crippen LogP contribution in [0.2, 0.25) is 0 Å². The van der Waals surface area contributed by atoms with Crippen LogP contribution in [0.3, 0.4) is 0 Å². The Morgan fingerprint density at radius 3 is 2.95 bits per heavy atom. The van der Waals surface area contributed by atoms with Gasteiger partial charge in [-0.15, -0.1) is 0 Å². The second-order valence-corrected chi connectivity index (χ2v) is 4.53. The molecular formula is C12H11NO6. The molecule has 1 N–H and O–H groups in total. The van der Waals surface area contributed by atoms with Gasteiger partial charge in [-0.05, 0) is 12.1 Å². The van der Waals surface area contributed by atoms with Crippen molar-refractivity contribution in [1.29, 1.82) is 0 Å². The summed E-state index contributed by atoms with van der Waals surface area (Å²) >= 11 is 0. The molecular weight excluding hydrogens is 254 g/mol. The zero-order valence-electron chi connectivity index (χ0n) is 10.1. The predicted octanol–water partition coefficient (Wildman–Crippen LogP) is 0.715. The van der Waals surface area contributed by atoms with Crippen LogP contribution in [0.5, 0.6) is 17.2 Å². The molecule has 1 aromatic rings. The van der Waals surface area contributed by atoms with E-state index in [1.165, 1.54) is 7.11 Å². The largest absolute Gasteiger partial charge is 0.457 e. The minimum Gasteiger partial charge on any atom is -0.457 e. The first-order chi connectivity index (χ1) is 9.24. The maximum absolute atomic E-state index is 11.4. The lowest BCUT2D eigenvalue weighted by Gasteiger charge is -2.25. The van der Waals surface area contributed by atoms with Crippen LogP contribution < -0.4 is 19.5 Å². The molecule has 1 saturated heterocycles. The number of ether oxygens (including phenoxy) is 5. The molecule has 2 atom stereocenters. The highest BCUT2D eigenvalue weighted by Gasteiger charge is 2.57. The molecule has 1 fully saturated rings. The van der Waals surface area contributed by atoms with Gasteiger partial charge in [0.25, 0.3) is 0 Å². The summed E-state index contributed by atoms with van der Waals surface area (Å²) in [5.41, 5.74) is -0.0586. The maximum Gasteiger partial charge on any atom is 0.408 e. The topological polar surface area (TPSA) is 75.2 Å². The van der Waals surface area contributed by atoms with E-state index in [1.54, 1.807) is 6.07 Å². The minimum atomic E-state index is -0.831. The van der Waals surface area contributed by atoms with Crippen molar-refractivity contribution in [2.45, 2.75) is 11.8 Å². The van der Waals surface area contributed by atoms with Crippen LogP contribution in [0.15, 0.2) is 12.1 Å². The van der Waals surface area contributed by atoms with E-state index in [1.807, 2.05) is 6.07 Å². The number of hydrogen-bond acceptors (Lipinski definition) is 6. The molecule has 1 aromatic carbocycles. The van der Waals surface area contributed by atoms with Crippen LogP contribution in [-0.2, 0) is 15.0 Å². The molecule has 3 aliphatic heterocycles. The Kier molecular flexibility index (Phi) is 1.95. The van der Waals surface area contributed by atoms with Gasteiger partial charge in [-0.3, -0.25) is 0 Å². The normalized spacial score (nSPS) is 29.9. The smallest absolute Gasteiger partial charge is 0.408 e. The van der Waals surface area contributed by atoms with Crippen LogP contribution in [-0.4, -0.2) is 32.9 Å². The Bertz CT molecular complexity index is 574. The quantitative estimate of drug-likeness (QED) is 0.806. The summed E-state index contributed by atoms with van der Waals surface area (Å²) in [6.45, 7) is 0.305. The fourth-order valence-corrected chi connectivity index (χ4v) is 2.70. The van der Waals surface area contributed by atoms with Gasteiger partial charge in [0.2, 0.25) is 18.8 Å². The molecule has 7 heteroatoms. The van der Waals surface area contributed by atoms with Crippen molar-refractivity contribution in [2.24, 2.45) is 0 Å². The van der Waals surface area contributed by atoms with Crippen LogP contribution in [0, 0.1) is 0 Å². The summed E-state index contributed by atoms with van der Waals surface area (Å²) in [5, 5.41) is 2.77. The Hall–Kier alpha value is -2.15. The molecule has 3 aliphatic rings. The monoisotopic (exact) mass is 265 g/mol. The highest BCUT2D eigenvalue weighted by atomic mass is 16.7. The summed E-state index contributed by atoms with van der Waals surface area (Å²) in [5.74, 6) is 1.70. The fraction of sp³-hybridized carbons (Fsp3) is 0.417. The Labute approximate surface area is 108 Å². The predicted molar refractivity (Wildman–Crippen MR) is 60.2 cm³/mol. The van der Waals surface area contributed by atoms with E-state index < -0.39 is 17.9 Å². The van der Waals surface area contributed by atoms with Gasteiger partial charge in [0.1, 0.15) is 6.61 Å². The average Bonchev–Trinajstić information content (AvgIpc) is 3.08. The van der Waals surface area contributed by atoms with Gasteiger partial charge in [0, 0.05) is 12.7 Å². The molecule has 0 radical (unpaired) electrons. The summed E-state index contributed by atoms with van der Waals surface area (Å²) in [6.07, 6.45) is -1.15. The molecule has 1 amide bonds. The number of alkyl carbamates (subject to hydrolysis) is 1. The van der Waals surface area contributed by atoms with Crippen molar-refractivity contribution in [3.8, 4) is 17.2 Å². The van der Waals surface area contributed by atoms with E-state index in [2.05, 4.69) is 5.32 Å². The summed E-state index contributed by atoms with van der Waals surface area (Å²) < 4.78 is 26.8. The number of carbonyl (C=O) groups is 1. The Morgan fingerprint density at radius 2 is 2.21 bits per heavy atom. The molecule has 0 aromatic heterocycles. The number of rotatable bonds is 1. The number of nitrogens with one attached hydrogen (secondary N) is 1. The lowest BCUT2D eigenvalue weighted by atomic mass is 9.92.